The van der Waals surface area contributed by atoms with Crippen LogP contribution in [0.4, 0.5) is 15.6 Å². The summed E-state index contributed by atoms with van der Waals surface area (Å²) in [5, 5.41) is 11.8. The highest BCUT2D eigenvalue weighted by molar-refractivity contribution is 7.16. The molecule has 0 unspecified atom stereocenters. The van der Waals surface area contributed by atoms with Gasteiger partial charge in [0.15, 0.2) is 5.13 Å². The summed E-state index contributed by atoms with van der Waals surface area (Å²) in [4.78, 5) is 33.3. The smallest absolute Gasteiger partial charge is 0.325 e. The number of hydrogen-bond acceptors (Lipinski definition) is 7. The third kappa shape index (κ3) is 8.62. The fraction of sp³-hybridized carbons (Fsp3) is 0.385. The van der Waals surface area contributed by atoms with Crippen LogP contribution in [0.5, 0.6) is 0 Å². The van der Waals surface area contributed by atoms with Crippen LogP contribution < -0.4 is 21.3 Å². The Morgan fingerprint density at radius 1 is 1.06 bits per heavy atom. The largest absolute Gasteiger partial charge is 0.441 e. The maximum atomic E-state index is 12.2. The van der Waals surface area contributed by atoms with E-state index in [4.69, 9.17) is 4.42 Å². The van der Waals surface area contributed by atoms with Crippen LogP contribution in [0.1, 0.15) is 67.4 Å². The van der Waals surface area contributed by atoms with Crippen molar-refractivity contribution in [3.63, 3.8) is 0 Å². The second-order valence-corrected chi connectivity index (χ2v) is 10.2. The van der Waals surface area contributed by atoms with Gasteiger partial charge in [0.1, 0.15) is 5.76 Å². The first-order valence-corrected chi connectivity index (χ1v) is 12.8. The average Bonchev–Trinajstić information content (AvgIpc) is 3.61. The lowest BCUT2D eigenvalue weighted by atomic mass is 9.94. The van der Waals surface area contributed by atoms with E-state index in [2.05, 4.69) is 52.0 Å². The molecule has 2 aromatic heterocycles. The maximum Gasteiger partial charge on any atom is 0.325 e. The number of benzene rings is 1. The lowest BCUT2D eigenvalue weighted by Crippen LogP contribution is -2.22. The Hall–Kier alpha value is -3.50. The van der Waals surface area contributed by atoms with Gasteiger partial charge in [0.05, 0.1) is 6.20 Å². The molecule has 1 fully saturated rings. The molecule has 10 heteroatoms. The second-order valence-electron chi connectivity index (χ2n) is 9.19. The Labute approximate surface area is 215 Å². The summed E-state index contributed by atoms with van der Waals surface area (Å²) in [5.74, 6) is 1.18. The van der Waals surface area contributed by atoms with Gasteiger partial charge < -0.3 is 20.4 Å². The molecule has 4 rings (SSSR count). The molecule has 3 amide bonds. The van der Waals surface area contributed by atoms with Crippen LogP contribution in [0.15, 0.2) is 41.1 Å². The SMILES string of the molecule is C1CCNC1.CCNC(=O)c1ccc(NC(=O)Nc2ncc(C=Cc3ncc(C(C)(C)C)o3)s2)cc1. The molecular formula is C26H34N6O3S. The van der Waals surface area contributed by atoms with Gasteiger partial charge in [0.2, 0.25) is 5.89 Å². The standard InChI is InChI=1S/C22H25N5O3S.C4H9N/c1-5-23-19(28)14-6-8-15(9-7-14)26-20(29)27-21-25-12-16(31-21)10-11-18-24-13-17(30-18)22(2,3)4;1-2-4-5-3-1/h6-13H,5H2,1-4H3,(H,23,28)(H2,25,26,27,29);5H,1-4H2. The van der Waals surface area contributed by atoms with Crippen LogP contribution in [0.2, 0.25) is 0 Å². The summed E-state index contributed by atoms with van der Waals surface area (Å²) in [7, 11) is 0. The molecule has 3 heterocycles. The van der Waals surface area contributed by atoms with Gasteiger partial charge >= 0.3 is 6.03 Å². The van der Waals surface area contributed by atoms with Gasteiger partial charge in [-0.25, -0.2) is 14.8 Å². The molecule has 1 aromatic carbocycles. The van der Waals surface area contributed by atoms with Crippen LogP contribution in [-0.4, -0.2) is 41.5 Å². The fourth-order valence-electron chi connectivity index (χ4n) is 3.14. The molecule has 1 aliphatic heterocycles. The molecule has 9 nitrogen and oxygen atoms in total. The third-order valence-electron chi connectivity index (χ3n) is 5.10. The van der Waals surface area contributed by atoms with Crippen LogP contribution in [0.3, 0.4) is 0 Å². The Balaban J connectivity index is 0.000000642. The highest BCUT2D eigenvalue weighted by atomic mass is 32.1. The number of urea groups is 1. The number of anilines is 2. The minimum absolute atomic E-state index is 0.101. The predicted octanol–water partition coefficient (Wildman–Crippen LogP) is 5.36. The van der Waals surface area contributed by atoms with Crippen LogP contribution in [-0.2, 0) is 5.41 Å². The van der Waals surface area contributed by atoms with E-state index in [1.165, 1.54) is 37.3 Å². The Morgan fingerprint density at radius 3 is 2.36 bits per heavy atom. The number of thiazole rings is 1. The number of carbonyl (C=O) groups excluding carboxylic acids is 2. The van der Waals surface area contributed by atoms with Gasteiger partial charge in [-0.15, -0.1) is 0 Å². The molecule has 0 bridgehead atoms. The molecule has 0 spiro atoms. The van der Waals surface area contributed by atoms with E-state index in [-0.39, 0.29) is 11.3 Å². The van der Waals surface area contributed by atoms with Crippen molar-refractivity contribution in [3.05, 3.63) is 58.8 Å². The molecule has 1 aliphatic rings. The zero-order valence-electron chi connectivity index (χ0n) is 21.2. The van der Waals surface area contributed by atoms with Gasteiger partial charge in [0.25, 0.3) is 5.91 Å². The number of carbonyl (C=O) groups is 2. The number of amides is 3. The van der Waals surface area contributed by atoms with E-state index in [1.54, 1.807) is 42.7 Å². The van der Waals surface area contributed by atoms with E-state index in [0.717, 1.165) is 10.6 Å². The van der Waals surface area contributed by atoms with Gasteiger partial charge in [-0.3, -0.25) is 10.1 Å². The molecule has 3 aromatic rings. The summed E-state index contributed by atoms with van der Waals surface area (Å²) in [5.41, 5.74) is 1.00. The van der Waals surface area contributed by atoms with E-state index >= 15 is 0 Å². The molecule has 0 radical (unpaired) electrons. The maximum absolute atomic E-state index is 12.2. The van der Waals surface area contributed by atoms with Crippen molar-refractivity contribution in [1.29, 1.82) is 0 Å². The topological polar surface area (TPSA) is 121 Å². The Bertz CT molecular complexity index is 1150. The first kappa shape index (κ1) is 27.1. The van der Waals surface area contributed by atoms with Crippen molar-refractivity contribution >= 4 is 46.2 Å². The molecule has 4 N–H and O–H groups in total. The monoisotopic (exact) mass is 510 g/mol. The quantitative estimate of drug-likeness (QED) is 0.354. The van der Waals surface area contributed by atoms with E-state index < -0.39 is 6.03 Å². The van der Waals surface area contributed by atoms with Crippen molar-refractivity contribution in [2.75, 3.05) is 30.3 Å². The number of hydrogen-bond donors (Lipinski definition) is 4. The van der Waals surface area contributed by atoms with Crippen molar-refractivity contribution in [1.82, 2.24) is 20.6 Å². The number of rotatable bonds is 6. The first-order valence-electron chi connectivity index (χ1n) is 12.0. The lowest BCUT2D eigenvalue weighted by molar-refractivity contribution is 0.0956. The number of nitrogens with zero attached hydrogens (tertiary/aromatic N) is 2. The minimum Gasteiger partial charge on any atom is -0.441 e. The summed E-state index contributed by atoms with van der Waals surface area (Å²) in [6, 6.07) is 6.23. The van der Waals surface area contributed by atoms with Gasteiger partial charge in [-0.1, -0.05) is 32.1 Å². The van der Waals surface area contributed by atoms with Gasteiger partial charge in [0, 0.05) is 40.4 Å². The fourth-order valence-corrected chi connectivity index (χ4v) is 3.85. The molecule has 0 saturated carbocycles. The summed E-state index contributed by atoms with van der Waals surface area (Å²) < 4.78 is 5.73. The summed E-state index contributed by atoms with van der Waals surface area (Å²) in [6.45, 7) is 11.1. The van der Waals surface area contributed by atoms with Crippen LogP contribution in [0, 0.1) is 0 Å². The van der Waals surface area contributed by atoms with Crippen molar-refractivity contribution < 1.29 is 14.0 Å². The molecule has 36 heavy (non-hydrogen) atoms. The van der Waals surface area contributed by atoms with Crippen molar-refractivity contribution in [2.24, 2.45) is 0 Å². The zero-order valence-corrected chi connectivity index (χ0v) is 22.0. The van der Waals surface area contributed by atoms with Crippen molar-refractivity contribution in [2.45, 2.75) is 46.0 Å². The Kier molecular flexibility index (Phi) is 9.77. The number of nitrogens with one attached hydrogen (secondary N) is 4. The highest BCUT2D eigenvalue weighted by Crippen LogP contribution is 2.24. The van der Waals surface area contributed by atoms with E-state index in [0.29, 0.717) is 28.8 Å². The van der Waals surface area contributed by atoms with Crippen LogP contribution in [0.25, 0.3) is 12.2 Å². The number of aromatic nitrogens is 2. The third-order valence-corrected chi connectivity index (χ3v) is 5.97. The zero-order chi connectivity index (χ0) is 26.0. The Morgan fingerprint density at radius 2 is 1.78 bits per heavy atom. The molecule has 192 valence electrons. The number of oxazole rings is 1. The van der Waals surface area contributed by atoms with Gasteiger partial charge in [-0.2, -0.15) is 0 Å². The molecule has 0 aliphatic carbocycles. The molecule has 0 atom stereocenters. The molecular weight excluding hydrogens is 476 g/mol. The van der Waals surface area contributed by atoms with Crippen molar-refractivity contribution in [3.8, 4) is 0 Å². The second kappa shape index (κ2) is 13.0. The van der Waals surface area contributed by atoms with E-state index in [9.17, 15) is 9.59 Å². The predicted molar refractivity (Wildman–Crippen MR) is 145 cm³/mol. The minimum atomic E-state index is -0.418. The first-order chi connectivity index (χ1) is 17.2. The highest BCUT2D eigenvalue weighted by Gasteiger charge is 2.18. The normalized spacial score (nSPS) is 13.2. The average molecular weight is 511 g/mol. The summed E-state index contributed by atoms with van der Waals surface area (Å²) >= 11 is 1.32. The summed E-state index contributed by atoms with van der Waals surface area (Å²) in [6.07, 6.45) is 9.76. The van der Waals surface area contributed by atoms with Crippen LogP contribution >= 0.6 is 11.3 Å². The van der Waals surface area contributed by atoms with E-state index in [1.807, 2.05) is 13.0 Å². The molecule has 1 saturated heterocycles. The van der Waals surface area contributed by atoms with Gasteiger partial charge in [-0.05, 0) is 63.2 Å². The lowest BCUT2D eigenvalue weighted by Gasteiger charge is -2.12.